The molecule has 0 N–H and O–H groups in total. The molecule has 3 rings (SSSR count). The number of alkyl halides is 2. The number of amides is 1. The molecule has 0 spiro atoms. The Morgan fingerprint density at radius 2 is 1.91 bits per heavy atom. The lowest BCUT2D eigenvalue weighted by Crippen LogP contribution is -2.41. The summed E-state index contributed by atoms with van der Waals surface area (Å²) < 4.78 is 26.7. The fourth-order valence-electron chi connectivity index (χ4n) is 3.29. The second-order valence-corrected chi connectivity index (χ2v) is 5.98. The molecule has 1 aromatic heterocycles. The van der Waals surface area contributed by atoms with Gasteiger partial charge in [0.05, 0.1) is 6.04 Å². The number of likely N-dealkylation sites (tertiary alicyclic amines) is 1. The average molecular weight is 310 g/mol. The number of rotatable bonds is 2. The summed E-state index contributed by atoms with van der Waals surface area (Å²) >= 11 is 0. The van der Waals surface area contributed by atoms with Crippen LogP contribution in [0.2, 0.25) is 0 Å². The number of hydrogen-bond acceptors (Lipinski definition) is 4. The van der Waals surface area contributed by atoms with Crippen LogP contribution in [-0.2, 0) is 4.79 Å². The lowest BCUT2D eigenvalue weighted by Gasteiger charge is -2.34. The van der Waals surface area contributed by atoms with Crippen LogP contribution in [0.5, 0.6) is 0 Å². The van der Waals surface area contributed by atoms with Crippen LogP contribution in [0.4, 0.5) is 14.6 Å². The maximum atomic E-state index is 13.3. The predicted molar refractivity (Wildman–Crippen MR) is 77.8 cm³/mol. The second kappa shape index (κ2) is 5.78. The summed E-state index contributed by atoms with van der Waals surface area (Å²) in [6, 6.07) is -0.0939. The number of nitrogens with zero attached hydrogens (tertiary/aromatic N) is 4. The molecular formula is C15H20F2N4O. The van der Waals surface area contributed by atoms with Gasteiger partial charge in [-0.2, -0.15) is 0 Å². The predicted octanol–water partition coefficient (Wildman–Crippen LogP) is 2.40. The summed E-state index contributed by atoms with van der Waals surface area (Å²) in [5.74, 6) is -1.92. The molecule has 5 nitrogen and oxygen atoms in total. The summed E-state index contributed by atoms with van der Waals surface area (Å²) in [5, 5.41) is 0. The molecule has 0 aromatic carbocycles. The number of carbonyl (C=O) groups is 1. The van der Waals surface area contributed by atoms with E-state index in [2.05, 4.69) is 9.97 Å². The van der Waals surface area contributed by atoms with Crippen molar-refractivity contribution in [3.63, 3.8) is 0 Å². The highest BCUT2D eigenvalue weighted by Gasteiger charge is 2.37. The molecule has 0 bridgehead atoms. The molecule has 120 valence electrons. The molecule has 1 aromatic rings. The first kappa shape index (κ1) is 15.1. The molecule has 1 amide bonds. The Hall–Kier alpha value is -1.79. The maximum absolute atomic E-state index is 13.3. The molecule has 3 heterocycles. The van der Waals surface area contributed by atoms with Gasteiger partial charge in [0, 0.05) is 51.8 Å². The van der Waals surface area contributed by atoms with Crippen LogP contribution in [-0.4, -0.2) is 46.3 Å². The number of halogens is 2. The van der Waals surface area contributed by atoms with Gasteiger partial charge >= 0.3 is 0 Å². The van der Waals surface area contributed by atoms with Gasteiger partial charge in [0.25, 0.3) is 5.92 Å². The highest BCUT2D eigenvalue weighted by atomic mass is 19.3. The standard InChI is InChI=1S/C15H20F2N4O/c1-11(22)21-8-2-3-12(21)13-14(19-7-6-18-13)20-9-4-15(16,17)5-10-20/h6-7,12H,2-5,8-10H2,1H3. The van der Waals surface area contributed by atoms with Gasteiger partial charge in [-0.1, -0.05) is 0 Å². The topological polar surface area (TPSA) is 49.3 Å². The molecule has 7 heteroatoms. The molecule has 1 atom stereocenters. The summed E-state index contributed by atoms with van der Waals surface area (Å²) in [5.41, 5.74) is 0.736. The summed E-state index contributed by atoms with van der Waals surface area (Å²) in [6.45, 7) is 2.81. The molecule has 2 aliphatic heterocycles. The minimum atomic E-state index is -2.59. The summed E-state index contributed by atoms with van der Waals surface area (Å²) in [7, 11) is 0. The van der Waals surface area contributed by atoms with E-state index in [1.807, 2.05) is 4.90 Å². The van der Waals surface area contributed by atoms with Gasteiger partial charge in [0.2, 0.25) is 5.91 Å². The van der Waals surface area contributed by atoms with Gasteiger partial charge in [-0.3, -0.25) is 9.78 Å². The molecule has 22 heavy (non-hydrogen) atoms. The van der Waals surface area contributed by atoms with Crippen LogP contribution in [0.25, 0.3) is 0 Å². The van der Waals surface area contributed by atoms with Crippen molar-refractivity contribution < 1.29 is 13.6 Å². The first-order valence-corrected chi connectivity index (χ1v) is 7.69. The van der Waals surface area contributed by atoms with Crippen LogP contribution in [0.15, 0.2) is 12.4 Å². The largest absolute Gasteiger partial charge is 0.355 e. The van der Waals surface area contributed by atoms with Crippen LogP contribution in [0.3, 0.4) is 0 Å². The molecule has 2 aliphatic rings. The van der Waals surface area contributed by atoms with E-state index >= 15 is 0 Å². The van der Waals surface area contributed by atoms with E-state index in [1.165, 1.54) is 0 Å². The third-order valence-electron chi connectivity index (χ3n) is 4.47. The molecular weight excluding hydrogens is 290 g/mol. The van der Waals surface area contributed by atoms with Crippen LogP contribution < -0.4 is 4.90 Å². The molecule has 2 saturated heterocycles. The van der Waals surface area contributed by atoms with E-state index in [4.69, 9.17) is 0 Å². The smallest absolute Gasteiger partial charge is 0.251 e. The van der Waals surface area contributed by atoms with Gasteiger partial charge in [-0.15, -0.1) is 0 Å². The molecule has 0 saturated carbocycles. The van der Waals surface area contributed by atoms with E-state index in [1.54, 1.807) is 24.2 Å². The number of anilines is 1. The maximum Gasteiger partial charge on any atom is 0.251 e. The first-order chi connectivity index (χ1) is 10.5. The van der Waals surface area contributed by atoms with Crippen molar-refractivity contribution in [2.75, 3.05) is 24.5 Å². The van der Waals surface area contributed by atoms with Crippen LogP contribution in [0.1, 0.15) is 44.3 Å². The lowest BCUT2D eigenvalue weighted by atomic mass is 10.1. The minimum Gasteiger partial charge on any atom is -0.355 e. The SMILES string of the molecule is CC(=O)N1CCCC1c1nccnc1N1CCC(F)(F)CC1. The van der Waals surface area contributed by atoms with Crippen molar-refractivity contribution in [1.29, 1.82) is 0 Å². The zero-order valence-electron chi connectivity index (χ0n) is 12.6. The third kappa shape index (κ3) is 2.89. The Morgan fingerprint density at radius 1 is 1.23 bits per heavy atom. The van der Waals surface area contributed by atoms with Crippen molar-refractivity contribution in [3.05, 3.63) is 18.1 Å². The monoisotopic (exact) mass is 310 g/mol. The van der Waals surface area contributed by atoms with Crippen molar-refractivity contribution in [2.45, 2.75) is 44.6 Å². The Kier molecular flexibility index (Phi) is 3.97. The van der Waals surface area contributed by atoms with Crippen LogP contribution in [0, 0.1) is 0 Å². The zero-order chi connectivity index (χ0) is 15.7. The van der Waals surface area contributed by atoms with E-state index in [9.17, 15) is 13.6 Å². The number of carbonyl (C=O) groups excluding carboxylic acids is 1. The Morgan fingerprint density at radius 3 is 2.59 bits per heavy atom. The van der Waals surface area contributed by atoms with E-state index in [0.29, 0.717) is 12.4 Å². The number of hydrogen-bond donors (Lipinski definition) is 0. The van der Waals surface area contributed by atoms with Crippen molar-refractivity contribution in [1.82, 2.24) is 14.9 Å². The van der Waals surface area contributed by atoms with E-state index in [0.717, 1.165) is 18.5 Å². The summed E-state index contributed by atoms with van der Waals surface area (Å²) in [4.78, 5) is 24.2. The van der Waals surface area contributed by atoms with Crippen molar-refractivity contribution in [3.8, 4) is 0 Å². The average Bonchev–Trinajstić information content (AvgIpc) is 2.97. The molecule has 0 aliphatic carbocycles. The van der Waals surface area contributed by atoms with E-state index in [-0.39, 0.29) is 37.9 Å². The normalized spacial score (nSPS) is 24.6. The highest BCUT2D eigenvalue weighted by molar-refractivity contribution is 5.74. The lowest BCUT2D eigenvalue weighted by molar-refractivity contribution is -0.129. The Labute approximate surface area is 128 Å². The van der Waals surface area contributed by atoms with Crippen molar-refractivity contribution in [2.24, 2.45) is 0 Å². The molecule has 0 radical (unpaired) electrons. The zero-order valence-corrected chi connectivity index (χ0v) is 12.6. The van der Waals surface area contributed by atoms with Gasteiger partial charge in [0.15, 0.2) is 5.82 Å². The first-order valence-electron chi connectivity index (χ1n) is 7.69. The van der Waals surface area contributed by atoms with Crippen molar-refractivity contribution >= 4 is 11.7 Å². The number of piperidine rings is 1. The Balaban J connectivity index is 1.86. The van der Waals surface area contributed by atoms with Gasteiger partial charge in [0.1, 0.15) is 5.69 Å². The van der Waals surface area contributed by atoms with Crippen LogP contribution >= 0.6 is 0 Å². The molecule has 2 fully saturated rings. The minimum absolute atomic E-state index is 0.0179. The number of aromatic nitrogens is 2. The third-order valence-corrected chi connectivity index (χ3v) is 4.47. The summed E-state index contributed by atoms with van der Waals surface area (Å²) in [6.07, 6.45) is 4.63. The Bertz CT molecular complexity index is 556. The molecule has 1 unspecified atom stereocenters. The van der Waals surface area contributed by atoms with Gasteiger partial charge in [-0.25, -0.2) is 13.8 Å². The van der Waals surface area contributed by atoms with E-state index < -0.39 is 5.92 Å². The fraction of sp³-hybridized carbons (Fsp3) is 0.667. The van der Waals surface area contributed by atoms with Gasteiger partial charge in [-0.05, 0) is 12.8 Å². The van der Waals surface area contributed by atoms with Gasteiger partial charge < -0.3 is 9.80 Å². The second-order valence-electron chi connectivity index (χ2n) is 5.98. The highest BCUT2D eigenvalue weighted by Crippen LogP contribution is 2.37. The fourth-order valence-corrected chi connectivity index (χ4v) is 3.29. The quantitative estimate of drug-likeness (QED) is 0.841.